The fourth-order valence-electron chi connectivity index (χ4n) is 3.50. The Morgan fingerprint density at radius 2 is 1.95 bits per heavy atom. The zero-order chi connectivity index (χ0) is 14.5. The SMILES string of the molecule is CCC1CCC(CNC(C)(C)C)C(C(C)COC)C1. The Morgan fingerprint density at radius 1 is 1.26 bits per heavy atom. The van der Waals surface area contributed by atoms with Crippen LogP contribution in [0.25, 0.3) is 0 Å². The average Bonchev–Trinajstić information content (AvgIpc) is 2.35. The summed E-state index contributed by atoms with van der Waals surface area (Å²) in [5.74, 6) is 3.28. The maximum Gasteiger partial charge on any atom is 0.0490 e. The number of ether oxygens (including phenoxy) is 1. The second-order valence-electron chi connectivity index (χ2n) is 7.57. The van der Waals surface area contributed by atoms with Gasteiger partial charge in [0.25, 0.3) is 0 Å². The molecule has 1 aliphatic rings. The zero-order valence-corrected chi connectivity index (χ0v) is 14.0. The van der Waals surface area contributed by atoms with Gasteiger partial charge in [-0.25, -0.2) is 0 Å². The summed E-state index contributed by atoms with van der Waals surface area (Å²) in [4.78, 5) is 0. The Hall–Kier alpha value is -0.0800. The highest BCUT2D eigenvalue weighted by atomic mass is 16.5. The van der Waals surface area contributed by atoms with Crippen LogP contribution >= 0.6 is 0 Å². The van der Waals surface area contributed by atoms with Gasteiger partial charge in [-0.1, -0.05) is 26.7 Å². The maximum absolute atomic E-state index is 5.40. The minimum Gasteiger partial charge on any atom is -0.384 e. The molecule has 0 radical (unpaired) electrons. The van der Waals surface area contributed by atoms with Crippen LogP contribution in [-0.2, 0) is 4.74 Å². The molecule has 1 saturated carbocycles. The van der Waals surface area contributed by atoms with Gasteiger partial charge in [-0.3, -0.25) is 0 Å². The van der Waals surface area contributed by atoms with Crippen molar-refractivity contribution in [2.45, 2.75) is 65.8 Å². The lowest BCUT2D eigenvalue weighted by molar-refractivity contribution is 0.0624. The van der Waals surface area contributed by atoms with Crippen LogP contribution in [0.15, 0.2) is 0 Å². The molecule has 0 amide bonds. The summed E-state index contributed by atoms with van der Waals surface area (Å²) in [5.41, 5.74) is 0.233. The van der Waals surface area contributed by atoms with Crippen LogP contribution < -0.4 is 5.32 Å². The molecule has 1 rings (SSSR count). The van der Waals surface area contributed by atoms with E-state index in [4.69, 9.17) is 4.74 Å². The predicted molar refractivity (Wildman–Crippen MR) is 83.4 cm³/mol. The quantitative estimate of drug-likeness (QED) is 0.784. The zero-order valence-electron chi connectivity index (χ0n) is 14.0. The third-order valence-corrected chi connectivity index (χ3v) is 4.79. The molecule has 0 saturated heterocycles. The fourth-order valence-corrected chi connectivity index (χ4v) is 3.50. The van der Waals surface area contributed by atoms with Crippen molar-refractivity contribution in [2.75, 3.05) is 20.3 Å². The highest BCUT2D eigenvalue weighted by Gasteiger charge is 2.33. The Balaban J connectivity index is 2.59. The second kappa shape index (κ2) is 7.64. The van der Waals surface area contributed by atoms with Crippen LogP contribution in [0, 0.1) is 23.7 Å². The number of rotatable bonds is 6. The van der Waals surface area contributed by atoms with Gasteiger partial charge < -0.3 is 10.1 Å². The first-order valence-electron chi connectivity index (χ1n) is 8.11. The maximum atomic E-state index is 5.40. The highest BCUT2D eigenvalue weighted by molar-refractivity contribution is 4.85. The van der Waals surface area contributed by atoms with E-state index in [2.05, 4.69) is 39.9 Å². The standard InChI is InChI=1S/C17H35NO/c1-7-14-8-9-15(11-18-17(3,4)5)16(10-14)13(2)12-19-6/h13-16,18H,7-12H2,1-6H3. The van der Waals surface area contributed by atoms with Gasteiger partial charge in [0.15, 0.2) is 0 Å². The van der Waals surface area contributed by atoms with E-state index in [9.17, 15) is 0 Å². The summed E-state index contributed by atoms with van der Waals surface area (Å²) < 4.78 is 5.40. The van der Waals surface area contributed by atoms with Crippen molar-refractivity contribution in [1.82, 2.24) is 5.32 Å². The molecule has 4 unspecified atom stereocenters. The Morgan fingerprint density at radius 3 is 2.47 bits per heavy atom. The van der Waals surface area contributed by atoms with E-state index in [0.717, 1.165) is 24.4 Å². The summed E-state index contributed by atoms with van der Waals surface area (Å²) in [5, 5.41) is 3.71. The molecule has 0 aromatic rings. The van der Waals surface area contributed by atoms with E-state index in [1.54, 1.807) is 0 Å². The molecule has 19 heavy (non-hydrogen) atoms. The van der Waals surface area contributed by atoms with Gasteiger partial charge in [0, 0.05) is 19.3 Å². The average molecular weight is 269 g/mol. The molecule has 0 heterocycles. The largest absolute Gasteiger partial charge is 0.384 e. The molecular weight excluding hydrogens is 234 g/mol. The summed E-state index contributed by atoms with van der Waals surface area (Å²) in [6.45, 7) is 13.6. The van der Waals surface area contributed by atoms with Gasteiger partial charge in [0.05, 0.1) is 0 Å². The second-order valence-corrected chi connectivity index (χ2v) is 7.57. The van der Waals surface area contributed by atoms with Crippen molar-refractivity contribution in [3.8, 4) is 0 Å². The van der Waals surface area contributed by atoms with Crippen LogP contribution in [0.4, 0.5) is 0 Å². The van der Waals surface area contributed by atoms with Crippen molar-refractivity contribution in [3.05, 3.63) is 0 Å². The van der Waals surface area contributed by atoms with Crippen molar-refractivity contribution in [2.24, 2.45) is 23.7 Å². The van der Waals surface area contributed by atoms with Crippen LogP contribution in [0.1, 0.15) is 60.3 Å². The molecule has 1 aliphatic carbocycles. The normalized spacial score (nSPS) is 30.3. The molecule has 0 spiro atoms. The molecule has 1 fully saturated rings. The van der Waals surface area contributed by atoms with Crippen LogP contribution in [0.2, 0.25) is 0 Å². The summed E-state index contributed by atoms with van der Waals surface area (Å²) >= 11 is 0. The predicted octanol–water partition coefficient (Wildman–Crippen LogP) is 4.10. The minimum absolute atomic E-state index is 0.233. The molecule has 0 aromatic carbocycles. The topological polar surface area (TPSA) is 21.3 Å². The van der Waals surface area contributed by atoms with Crippen LogP contribution in [0.5, 0.6) is 0 Å². The highest BCUT2D eigenvalue weighted by Crippen LogP contribution is 2.39. The van der Waals surface area contributed by atoms with Gasteiger partial charge in [-0.2, -0.15) is 0 Å². The first-order valence-corrected chi connectivity index (χ1v) is 8.11. The third kappa shape index (κ3) is 5.83. The van der Waals surface area contributed by atoms with E-state index >= 15 is 0 Å². The van der Waals surface area contributed by atoms with Gasteiger partial charge in [0.2, 0.25) is 0 Å². The smallest absolute Gasteiger partial charge is 0.0490 e. The summed E-state index contributed by atoms with van der Waals surface area (Å²) in [6.07, 6.45) is 5.55. The lowest BCUT2D eigenvalue weighted by Gasteiger charge is -2.40. The monoisotopic (exact) mass is 269 g/mol. The van der Waals surface area contributed by atoms with Crippen LogP contribution in [-0.4, -0.2) is 25.8 Å². The molecular formula is C17H35NO. The van der Waals surface area contributed by atoms with Gasteiger partial charge in [0.1, 0.15) is 0 Å². The van der Waals surface area contributed by atoms with Crippen molar-refractivity contribution in [1.29, 1.82) is 0 Å². The Kier molecular flexibility index (Phi) is 6.82. The Labute approximate surface area is 120 Å². The Bertz CT molecular complexity index is 246. The summed E-state index contributed by atoms with van der Waals surface area (Å²) in [7, 11) is 1.83. The molecule has 0 aliphatic heterocycles. The summed E-state index contributed by atoms with van der Waals surface area (Å²) in [6, 6.07) is 0. The molecule has 0 bridgehead atoms. The van der Waals surface area contributed by atoms with E-state index in [1.807, 2.05) is 7.11 Å². The number of nitrogens with one attached hydrogen (secondary N) is 1. The fraction of sp³-hybridized carbons (Fsp3) is 1.00. The van der Waals surface area contributed by atoms with E-state index in [1.165, 1.54) is 32.2 Å². The number of hydrogen-bond donors (Lipinski definition) is 1. The van der Waals surface area contributed by atoms with Gasteiger partial charge in [-0.15, -0.1) is 0 Å². The van der Waals surface area contributed by atoms with E-state index in [-0.39, 0.29) is 5.54 Å². The van der Waals surface area contributed by atoms with Crippen molar-refractivity contribution >= 4 is 0 Å². The first-order chi connectivity index (χ1) is 8.87. The van der Waals surface area contributed by atoms with Gasteiger partial charge in [-0.05, 0) is 63.8 Å². The van der Waals surface area contributed by atoms with Crippen molar-refractivity contribution < 1.29 is 4.74 Å². The lowest BCUT2D eigenvalue weighted by atomic mass is 9.68. The molecule has 0 aromatic heterocycles. The van der Waals surface area contributed by atoms with Crippen molar-refractivity contribution in [3.63, 3.8) is 0 Å². The number of methoxy groups -OCH3 is 1. The third-order valence-electron chi connectivity index (χ3n) is 4.79. The molecule has 2 heteroatoms. The number of hydrogen-bond acceptors (Lipinski definition) is 2. The molecule has 114 valence electrons. The first kappa shape index (κ1) is 17.0. The van der Waals surface area contributed by atoms with E-state index in [0.29, 0.717) is 5.92 Å². The van der Waals surface area contributed by atoms with Crippen LogP contribution in [0.3, 0.4) is 0 Å². The molecule has 4 atom stereocenters. The molecule has 1 N–H and O–H groups in total. The van der Waals surface area contributed by atoms with E-state index < -0.39 is 0 Å². The lowest BCUT2D eigenvalue weighted by Crippen LogP contribution is -2.43. The minimum atomic E-state index is 0.233. The molecule has 2 nitrogen and oxygen atoms in total. The van der Waals surface area contributed by atoms with Gasteiger partial charge >= 0.3 is 0 Å².